The molecule has 6 aromatic rings. The lowest BCUT2D eigenvalue weighted by Crippen LogP contribution is -2.30. The Hall–Kier alpha value is -6.27. The van der Waals surface area contributed by atoms with Gasteiger partial charge in [-0.3, -0.25) is 24.0 Å². The van der Waals surface area contributed by atoms with Crippen molar-refractivity contribution in [3.05, 3.63) is 107 Å². The van der Waals surface area contributed by atoms with Crippen molar-refractivity contribution in [2.24, 2.45) is 5.10 Å². The smallest absolute Gasteiger partial charge is 0.274 e. The van der Waals surface area contributed by atoms with Crippen molar-refractivity contribution < 1.29 is 29.1 Å². The molecule has 286 valence electrons. The molecule has 0 radical (unpaired) electrons. The number of rotatable bonds is 14. The second kappa shape index (κ2) is 16.2. The van der Waals surface area contributed by atoms with Crippen molar-refractivity contribution in [1.29, 1.82) is 0 Å². The lowest BCUT2D eigenvalue weighted by molar-refractivity contribution is -0.125. The standard InChI is InChI=1S/C43H41ClN6O6/c1-24(7-13-40(54)45-2)48-49-41(55)14-10-30(51)17-25-8-11-33-27(15-25)19-35(46-33)39(53)18-26-9-12-34-28(16-26)20-36(47-34)43(56)50-23-29(22-44)42-32-6-4-3-5-31(32)38(52)21-37(42)50/h3-6,8-9,11-12,15-16,19-21,29,46-47,52H,7,10,13-14,17-18,22-23H2,1-2H3,(H,45,54)(H,49,55)/b48-24+. The third-order valence-electron chi connectivity index (χ3n) is 10.2. The number of nitrogens with zero attached hydrogens (tertiary/aromatic N) is 2. The van der Waals surface area contributed by atoms with E-state index in [0.29, 0.717) is 41.6 Å². The Labute approximate surface area is 327 Å². The highest BCUT2D eigenvalue weighted by Gasteiger charge is 2.35. The molecule has 1 aliphatic rings. The molecule has 0 bridgehead atoms. The van der Waals surface area contributed by atoms with Gasteiger partial charge < -0.3 is 25.3 Å². The lowest BCUT2D eigenvalue weighted by atomic mass is 9.95. The van der Waals surface area contributed by atoms with E-state index >= 15 is 0 Å². The fourth-order valence-electron chi connectivity index (χ4n) is 7.28. The number of nitrogens with one attached hydrogen (secondary N) is 4. The zero-order valence-corrected chi connectivity index (χ0v) is 31.8. The molecule has 12 nitrogen and oxygen atoms in total. The van der Waals surface area contributed by atoms with E-state index in [2.05, 4.69) is 25.8 Å². The molecule has 1 unspecified atom stereocenters. The Morgan fingerprint density at radius 2 is 1.45 bits per heavy atom. The van der Waals surface area contributed by atoms with Crippen LogP contribution in [0.25, 0.3) is 32.6 Å². The highest BCUT2D eigenvalue weighted by atomic mass is 35.5. The van der Waals surface area contributed by atoms with Crippen molar-refractivity contribution in [2.75, 3.05) is 24.4 Å². The molecule has 0 saturated carbocycles. The first-order valence-corrected chi connectivity index (χ1v) is 19.0. The summed E-state index contributed by atoms with van der Waals surface area (Å²) in [6, 6.07) is 23.9. The van der Waals surface area contributed by atoms with E-state index in [1.165, 1.54) is 0 Å². The molecule has 0 aliphatic carbocycles. The lowest BCUT2D eigenvalue weighted by Gasteiger charge is -2.17. The minimum Gasteiger partial charge on any atom is -0.507 e. The van der Waals surface area contributed by atoms with Crippen LogP contribution >= 0.6 is 11.6 Å². The Morgan fingerprint density at radius 1 is 0.804 bits per heavy atom. The number of fused-ring (bicyclic) bond motifs is 5. The number of aromatic hydroxyl groups is 1. The van der Waals surface area contributed by atoms with Crippen molar-refractivity contribution in [1.82, 2.24) is 20.7 Å². The average Bonchev–Trinajstić information content (AvgIpc) is 3.93. The summed E-state index contributed by atoms with van der Waals surface area (Å²) in [7, 11) is 1.56. The number of ketones is 2. The molecular formula is C43H41ClN6O6. The second-order valence-electron chi connectivity index (χ2n) is 14.2. The number of carbonyl (C=O) groups excluding carboxylic acids is 5. The van der Waals surface area contributed by atoms with Crippen LogP contribution in [0, 0.1) is 0 Å². The number of alkyl halides is 1. The van der Waals surface area contributed by atoms with E-state index in [1.54, 1.807) is 37.1 Å². The Balaban J connectivity index is 0.973. The highest BCUT2D eigenvalue weighted by Crippen LogP contribution is 2.45. The van der Waals surface area contributed by atoms with Crippen molar-refractivity contribution in [3.8, 4) is 5.75 Å². The maximum absolute atomic E-state index is 13.9. The van der Waals surface area contributed by atoms with Gasteiger partial charge in [-0.25, -0.2) is 5.43 Å². The fourth-order valence-corrected chi connectivity index (χ4v) is 7.53. The first kappa shape index (κ1) is 38.0. The summed E-state index contributed by atoms with van der Waals surface area (Å²) in [5, 5.41) is 20.5. The number of aromatic nitrogens is 2. The number of amides is 3. The van der Waals surface area contributed by atoms with Gasteiger partial charge in [0.15, 0.2) is 5.78 Å². The minimum absolute atomic E-state index is 0.00669. The summed E-state index contributed by atoms with van der Waals surface area (Å²) in [5.74, 6) is -0.598. The molecule has 3 amide bonds. The van der Waals surface area contributed by atoms with Gasteiger partial charge in [-0.2, -0.15) is 5.10 Å². The number of H-pyrrole nitrogens is 2. The van der Waals surface area contributed by atoms with Crippen molar-refractivity contribution >= 4 is 84.9 Å². The molecule has 7 rings (SSSR count). The average molecular weight is 773 g/mol. The predicted octanol–water partition coefficient (Wildman–Crippen LogP) is 6.83. The summed E-state index contributed by atoms with van der Waals surface area (Å²) < 4.78 is 0. The van der Waals surface area contributed by atoms with Crippen LogP contribution in [-0.4, -0.2) is 69.5 Å². The molecule has 56 heavy (non-hydrogen) atoms. The molecule has 13 heteroatoms. The molecule has 0 fully saturated rings. The summed E-state index contributed by atoms with van der Waals surface area (Å²) in [6.07, 6.45) is 1.01. The number of carbonyl (C=O) groups is 5. The maximum Gasteiger partial charge on any atom is 0.274 e. The Morgan fingerprint density at radius 3 is 2.14 bits per heavy atom. The number of hydrogen-bond donors (Lipinski definition) is 5. The third kappa shape index (κ3) is 8.06. The van der Waals surface area contributed by atoms with Crippen molar-refractivity contribution in [2.45, 2.75) is 51.4 Å². The second-order valence-corrected chi connectivity index (χ2v) is 14.5. The van der Waals surface area contributed by atoms with E-state index in [1.807, 2.05) is 60.7 Å². The van der Waals surface area contributed by atoms with Crippen molar-refractivity contribution in [3.63, 3.8) is 0 Å². The number of aromatic amines is 2. The van der Waals surface area contributed by atoms with E-state index in [0.717, 1.165) is 49.3 Å². The van der Waals surface area contributed by atoms with Crippen LogP contribution in [-0.2, 0) is 27.2 Å². The molecule has 3 heterocycles. The van der Waals surface area contributed by atoms with E-state index in [9.17, 15) is 29.1 Å². The zero-order valence-electron chi connectivity index (χ0n) is 31.0. The van der Waals surface area contributed by atoms with Crippen LogP contribution in [0.2, 0.25) is 0 Å². The first-order valence-electron chi connectivity index (χ1n) is 18.4. The number of anilines is 1. The quantitative estimate of drug-likeness (QED) is 0.0351. The number of phenols is 1. The molecule has 0 spiro atoms. The third-order valence-corrected chi connectivity index (χ3v) is 10.6. The van der Waals surface area contributed by atoms with Gasteiger partial charge in [0, 0.05) is 96.5 Å². The minimum atomic E-state index is -0.378. The molecule has 4 aromatic carbocycles. The largest absolute Gasteiger partial charge is 0.507 e. The van der Waals surface area contributed by atoms with Gasteiger partial charge >= 0.3 is 0 Å². The summed E-state index contributed by atoms with van der Waals surface area (Å²) in [5.41, 5.74) is 8.54. The summed E-state index contributed by atoms with van der Waals surface area (Å²) in [6.45, 7) is 2.11. The first-order chi connectivity index (χ1) is 27.0. The van der Waals surface area contributed by atoms with Crippen LogP contribution in [0.5, 0.6) is 5.75 Å². The Bertz CT molecular complexity index is 2570. The normalized spacial score (nSPS) is 14.0. The van der Waals surface area contributed by atoms with Gasteiger partial charge in [0.25, 0.3) is 5.91 Å². The topological polar surface area (TPSA) is 177 Å². The summed E-state index contributed by atoms with van der Waals surface area (Å²) >= 11 is 6.38. The van der Waals surface area contributed by atoms with Gasteiger partial charge in [0.1, 0.15) is 17.2 Å². The van der Waals surface area contributed by atoms with Crippen LogP contribution in [0.15, 0.2) is 84.0 Å². The van der Waals surface area contributed by atoms with Gasteiger partial charge in [0.05, 0.1) is 11.4 Å². The molecular weight excluding hydrogens is 732 g/mol. The highest BCUT2D eigenvalue weighted by molar-refractivity contribution is 6.19. The number of benzene rings is 4. The zero-order chi connectivity index (χ0) is 39.5. The van der Waals surface area contributed by atoms with Gasteiger partial charge in [0.2, 0.25) is 11.8 Å². The fraction of sp³-hybridized carbons (Fsp3) is 0.256. The number of phenolic OH excluding ortho intramolecular Hbond substituents is 1. The maximum atomic E-state index is 13.9. The van der Waals surface area contributed by atoms with Gasteiger partial charge in [-0.15, -0.1) is 11.6 Å². The molecule has 5 N–H and O–H groups in total. The molecule has 0 saturated heterocycles. The Kier molecular flexibility index (Phi) is 11.0. The molecule has 1 aliphatic heterocycles. The van der Waals surface area contributed by atoms with Crippen LogP contribution in [0.3, 0.4) is 0 Å². The SMILES string of the molecule is CNC(=O)CC/C(C)=N/NC(=O)CCC(=O)Cc1ccc2[nH]c(C(=O)Cc3ccc4[nH]c(C(=O)N5CC(CCl)c6c5cc(O)c5ccccc65)cc4c3)cc2c1. The van der Waals surface area contributed by atoms with E-state index < -0.39 is 0 Å². The number of halogens is 1. The van der Waals surface area contributed by atoms with Crippen LogP contribution in [0.1, 0.15) is 76.2 Å². The molecule has 2 aromatic heterocycles. The van der Waals surface area contributed by atoms with Gasteiger partial charge in [-0.05, 0) is 71.8 Å². The predicted molar refractivity (Wildman–Crippen MR) is 218 cm³/mol. The number of Topliss-reactive ketones (excluding diaryl/α,β-unsaturated/α-hetero) is 2. The monoisotopic (exact) mass is 772 g/mol. The van der Waals surface area contributed by atoms with Gasteiger partial charge in [-0.1, -0.05) is 36.4 Å². The number of hydrazone groups is 1. The molecule has 1 atom stereocenters. The van der Waals surface area contributed by atoms with Crippen LogP contribution in [0.4, 0.5) is 5.69 Å². The number of hydrogen-bond acceptors (Lipinski definition) is 7. The van der Waals surface area contributed by atoms with Crippen LogP contribution < -0.4 is 15.6 Å². The summed E-state index contributed by atoms with van der Waals surface area (Å²) in [4.78, 5) is 71.7. The van der Waals surface area contributed by atoms with E-state index in [4.69, 9.17) is 11.6 Å². The van der Waals surface area contributed by atoms with E-state index in [-0.39, 0.29) is 73.1 Å².